The van der Waals surface area contributed by atoms with E-state index in [0.717, 1.165) is 18.1 Å². The minimum absolute atomic E-state index is 0. The predicted octanol–water partition coefficient (Wildman–Crippen LogP) is 2.25. The fraction of sp³-hybridized carbons (Fsp3) is 0.769. The molecule has 5 heteroatoms. The first-order valence-electron chi connectivity index (χ1n) is 6.77. The number of thiazole rings is 1. The third-order valence-corrected chi connectivity index (χ3v) is 4.04. The maximum atomic E-state index is 5.54. The third kappa shape index (κ3) is 5.02. The molecule has 0 aromatic carbocycles. The molecule has 0 bridgehead atoms. The molecule has 104 valence electrons. The van der Waals surface area contributed by atoms with Crippen molar-refractivity contribution < 1.29 is 6.16 Å². The molecule has 0 radical (unpaired) electrons. The minimum Gasteiger partial charge on any atom is -0.359 e. The van der Waals surface area contributed by atoms with Gasteiger partial charge in [0.1, 0.15) is 11.6 Å². The van der Waals surface area contributed by atoms with Crippen LogP contribution < -0.4 is 5.32 Å². The lowest BCUT2D eigenvalue weighted by Crippen LogP contribution is -2.36. The number of ether oxygens (including phenoxy) is 1. The van der Waals surface area contributed by atoms with Gasteiger partial charge in [0.15, 0.2) is 0 Å². The van der Waals surface area contributed by atoms with Gasteiger partial charge in [0, 0.05) is 25.6 Å². The molecule has 0 saturated carbocycles. The Bertz CT molecular complexity index is 342. The van der Waals surface area contributed by atoms with Crippen molar-refractivity contribution in [3.8, 4) is 0 Å². The molecule has 1 aliphatic heterocycles. The van der Waals surface area contributed by atoms with Crippen LogP contribution in [0.1, 0.15) is 30.6 Å². The number of hydrogen-bond acceptors (Lipinski definition) is 5. The first kappa shape index (κ1) is 13.9. The van der Waals surface area contributed by atoms with Gasteiger partial charge in [-0.2, -0.15) is 0 Å². The summed E-state index contributed by atoms with van der Waals surface area (Å²) in [7, 11) is 0. The first-order chi connectivity index (χ1) is 8.84. The molecule has 4 nitrogen and oxygen atoms in total. The zero-order valence-electron chi connectivity index (χ0n) is 11.2. The van der Waals surface area contributed by atoms with Gasteiger partial charge in [0.2, 0.25) is 0 Å². The second-order valence-electron chi connectivity index (χ2n) is 4.76. The average Bonchev–Trinajstić information content (AvgIpc) is 2.81. The van der Waals surface area contributed by atoms with Crippen molar-refractivity contribution in [1.29, 1.82) is 0 Å². The van der Waals surface area contributed by atoms with Crippen LogP contribution in [0.4, 0.5) is 0 Å². The quantitative estimate of drug-likeness (QED) is 0.610. The molecule has 0 atom stereocenters. The topological polar surface area (TPSA) is 37.4 Å². The standard InChI is InChI=1S/C13H23N3OS.H2/c1-12-9-15-13(18-12)10-17-11-14-5-8-16-6-3-2-4-7-16;/h9,14H,2-8,10-11H2,1H3;1H. The van der Waals surface area contributed by atoms with Gasteiger partial charge in [-0.1, -0.05) is 6.42 Å². The number of aromatic nitrogens is 1. The molecule has 0 spiro atoms. The summed E-state index contributed by atoms with van der Waals surface area (Å²) in [6, 6.07) is 0. The van der Waals surface area contributed by atoms with E-state index in [-0.39, 0.29) is 1.43 Å². The fourth-order valence-electron chi connectivity index (χ4n) is 2.17. The fourth-order valence-corrected chi connectivity index (χ4v) is 2.90. The third-order valence-electron chi connectivity index (χ3n) is 3.15. The Hall–Kier alpha value is -0.490. The van der Waals surface area contributed by atoms with E-state index in [1.54, 1.807) is 11.3 Å². The van der Waals surface area contributed by atoms with E-state index in [0.29, 0.717) is 13.3 Å². The van der Waals surface area contributed by atoms with E-state index in [2.05, 4.69) is 22.1 Å². The lowest BCUT2D eigenvalue weighted by atomic mass is 10.1. The van der Waals surface area contributed by atoms with Crippen molar-refractivity contribution in [2.75, 3.05) is 32.9 Å². The maximum absolute atomic E-state index is 5.54. The zero-order valence-corrected chi connectivity index (χ0v) is 12.0. The largest absolute Gasteiger partial charge is 0.359 e. The van der Waals surface area contributed by atoms with Crippen molar-refractivity contribution in [1.82, 2.24) is 15.2 Å². The Morgan fingerprint density at radius 1 is 1.44 bits per heavy atom. The molecular weight excluding hydrogens is 246 g/mol. The van der Waals surface area contributed by atoms with Gasteiger partial charge < -0.3 is 9.64 Å². The van der Waals surface area contributed by atoms with Crippen molar-refractivity contribution >= 4 is 11.3 Å². The van der Waals surface area contributed by atoms with Gasteiger partial charge in [0.05, 0.1) is 6.73 Å². The summed E-state index contributed by atoms with van der Waals surface area (Å²) in [4.78, 5) is 8.04. The van der Waals surface area contributed by atoms with Gasteiger partial charge in [0.25, 0.3) is 0 Å². The van der Waals surface area contributed by atoms with Crippen molar-refractivity contribution in [3.05, 3.63) is 16.1 Å². The Balaban J connectivity index is 0.00000180. The molecule has 1 aromatic rings. The van der Waals surface area contributed by atoms with E-state index in [1.807, 2.05) is 6.20 Å². The minimum atomic E-state index is 0. The van der Waals surface area contributed by atoms with Crippen LogP contribution in [0.3, 0.4) is 0 Å². The highest BCUT2D eigenvalue weighted by molar-refractivity contribution is 7.11. The van der Waals surface area contributed by atoms with E-state index in [4.69, 9.17) is 4.74 Å². The van der Waals surface area contributed by atoms with Crippen LogP contribution in [-0.4, -0.2) is 42.8 Å². The van der Waals surface area contributed by atoms with Crippen LogP contribution in [0.15, 0.2) is 6.20 Å². The van der Waals surface area contributed by atoms with Crippen LogP contribution in [0.25, 0.3) is 0 Å². The summed E-state index contributed by atoms with van der Waals surface area (Å²) in [6.45, 7) is 7.98. The second-order valence-corrected chi connectivity index (χ2v) is 6.08. The highest BCUT2D eigenvalue weighted by Crippen LogP contribution is 2.11. The maximum Gasteiger partial charge on any atom is 0.119 e. The average molecular weight is 271 g/mol. The zero-order chi connectivity index (χ0) is 12.6. The van der Waals surface area contributed by atoms with E-state index in [1.165, 1.54) is 37.2 Å². The van der Waals surface area contributed by atoms with Gasteiger partial charge in [-0.3, -0.25) is 5.32 Å². The summed E-state index contributed by atoms with van der Waals surface area (Å²) >= 11 is 1.70. The summed E-state index contributed by atoms with van der Waals surface area (Å²) in [5.74, 6) is 0. The lowest BCUT2D eigenvalue weighted by molar-refractivity contribution is 0.0998. The molecule has 1 saturated heterocycles. The van der Waals surface area contributed by atoms with Gasteiger partial charge >= 0.3 is 0 Å². The van der Waals surface area contributed by atoms with E-state index in [9.17, 15) is 0 Å². The molecule has 0 amide bonds. The van der Waals surface area contributed by atoms with Crippen molar-refractivity contribution in [2.45, 2.75) is 32.8 Å². The lowest BCUT2D eigenvalue weighted by Gasteiger charge is -2.26. The first-order valence-corrected chi connectivity index (χ1v) is 7.58. The predicted molar refractivity (Wildman–Crippen MR) is 76.9 cm³/mol. The van der Waals surface area contributed by atoms with Crippen LogP contribution in [0.5, 0.6) is 0 Å². The summed E-state index contributed by atoms with van der Waals surface area (Å²) in [5.41, 5.74) is 0. The van der Waals surface area contributed by atoms with E-state index < -0.39 is 0 Å². The monoisotopic (exact) mass is 271 g/mol. The molecule has 1 aromatic heterocycles. The van der Waals surface area contributed by atoms with Crippen LogP contribution in [0, 0.1) is 6.92 Å². The molecule has 1 N–H and O–H groups in total. The molecule has 1 aliphatic rings. The number of aryl methyl sites for hydroxylation is 1. The van der Waals surface area contributed by atoms with Crippen LogP contribution in [0.2, 0.25) is 0 Å². The van der Waals surface area contributed by atoms with Gasteiger partial charge in [-0.05, 0) is 32.9 Å². The number of nitrogens with zero attached hydrogens (tertiary/aromatic N) is 2. The molecule has 2 heterocycles. The summed E-state index contributed by atoms with van der Waals surface area (Å²) < 4.78 is 5.54. The number of nitrogens with one attached hydrogen (secondary N) is 1. The van der Waals surface area contributed by atoms with Crippen molar-refractivity contribution in [3.63, 3.8) is 0 Å². The molecule has 1 fully saturated rings. The molecule has 2 rings (SSSR count). The van der Waals surface area contributed by atoms with Gasteiger partial charge in [-0.15, -0.1) is 11.3 Å². The van der Waals surface area contributed by atoms with Gasteiger partial charge in [-0.25, -0.2) is 4.98 Å². The molecular formula is C13H25N3OS. The highest BCUT2D eigenvalue weighted by atomic mass is 32.1. The molecule has 0 aliphatic carbocycles. The number of rotatable bonds is 7. The Labute approximate surface area is 115 Å². The number of piperidine rings is 1. The van der Waals surface area contributed by atoms with E-state index >= 15 is 0 Å². The molecule has 18 heavy (non-hydrogen) atoms. The Morgan fingerprint density at radius 3 is 3.00 bits per heavy atom. The Kier molecular flexibility index (Phi) is 6.07. The Morgan fingerprint density at radius 2 is 2.28 bits per heavy atom. The second kappa shape index (κ2) is 7.84. The van der Waals surface area contributed by atoms with Crippen LogP contribution in [-0.2, 0) is 11.3 Å². The summed E-state index contributed by atoms with van der Waals surface area (Å²) in [5, 5.41) is 4.38. The highest BCUT2D eigenvalue weighted by Gasteiger charge is 2.08. The normalized spacial score (nSPS) is 17.2. The number of hydrogen-bond donors (Lipinski definition) is 1. The van der Waals surface area contributed by atoms with Crippen LogP contribution >= 0.6 is 11.3 Å². The van der Waals surface area contributed by atoms with Crippen molar-refractivity contribution in [2.24, 2.45) is 0 Å². The number of likely N-dealkylation sites (tertiary alicyclic amines) is 1. The summed E-state index contributed by atoms with van der Waals surface area (Å²) in [6.07, 6.45) is 6.02. The molecule has 0 unspecified atom stereocenters. The smallest absolute Gasteiger partial charge is 0.119 e. The SMILES string of the molecule is Cc1cnc(COCNCCN2CCCCC2)s1.[HH].